The van der Waals surface area contributed by atoms with E-state index in [4.69, 9.17) is 4.74 Å². The molecule has 0 fully saturated rings. The first kappa shape index (κ1) is 18.3. The van der Waals surface area contributed by atoms with Crippen molar-refractivity contribution in [1.29, 1.82) is 0 Å². The maximum absolute atomic E-state index is 6.20. The van der Waals surface area contributed by atoms with Crippen molar-refractivity contribution >= 4 is 29.2 Å². The fourth-order valence-electron chi connectivity index (χ4n) is 2.86. The Hall–Kier alpha value is -2.52. The molecule has 2 aromatic carbocycles. The summed E-state index contributed by atoms with van der Waals surface area (Å²) in [5, 5.41) is 2.09. The Morgan fingerprint density at radius 2 is 1.73 bits per heavy atom. The lowest BCUT2D eigenvalue weighted by Gasteiger charge is -2.22. The van der Waals surface area contributed by atoms with Crippen molar-refractivity contribution in [3.8, 4) is 5.75 Å². The Morgan fingerprint density at radius 3 is 2.42 bits per heavy atom. The van der Waals surface area contributed by atoms with Crippen LogP contribution in [0.4, 0.5) is 5.69 Å². The van der Waals surface area contributed by atoms with Gasteiger partial charge >= 0.3 is 0 Å². The molecule has 0 bridgehead atoms. The van der Waals surface area contributed by atoms with Gasteiger partial charge in [0.1, 0.15) is 12.4 Å². The van der Waals surface area contributed by atoms with Gasteiger partial charge in [0.15, 0.2) is 0 Å². The molecule has 0 aliphatic rings. The van der Waals surface area contributed by atoms with Crippen molar-refractivity contribution in [3.05, 3.63) is 82.0 Å². The second-order valence-electron chi connectivity index (χ2n) is 6.02. The molecule has 3 heteroatoms. The van der Waals surface area contributed by atoms with E-state index in [1.54, 1.807) is 11.3 Å². The van der Waals surface area contributed by atoms with Gasteiger partial charge in [-0.25, -0.2) is 0 Å². The molecule has 1 aromatic heterocycles. The number of thiophene rings is 1. The monoisotopic (exact) mass is 363 g/mol. The van der Waals surface area contributed by atoms with Gasteiger partial charge in [-0.2, -0.15) is 0 Å². The molecule has 0 unspecified atom stereocenters. The van der Waals surface area contributed by atoms with E-state index in [9.17, 15) is 0 Å². The van der Waals surface area contributed by atoms with E-state index < -0.39 is 0 Å². The zero-order valence-electron chi connectivity index (χ0n) is 15.4. The Labute approximate surface area is 160 Å². The first-order valence-electron chi connectivity index (χ1n) is 9.07. The van der Waals surface area contributed by atoms with Crippen LogP contribution >= 0.6 is 11.3 Å². The zero-order valence-corrected chi connectivity index (χ0v) is 16.2. The van der Waals surface area contributed by atoms with Crippen LogP contribution in [0.5, 0.6) is 5.75 Å². The summed E-state index contributed by atoms with van der Waals surface area (Å²) >= 11 is 1.74. The van der Waals surface area contributed by atoms with Crippen LogP contribution in [0.3, 0.4) is 0 Å². The molecular formula is C23H25NOS. The van der Waals surface area contributed by atoms with Gasteiger partial charge in [0.25, 0.3) is 0 Å². The van der Waals surface area contributed by atoms with Gasteiger partial charge in [-0.3, -0.25) is 0 Å². The second kappa shape index (κ2) is 9.25. The summed E-state index contributed by atoms with van der Waals surface area (Å²) in [6.07, 6.45) is 4.28. The molecule has 3 aromatic rings. The van der Waals surface area contributed by atoms with Gasteiger partial charge in [-0.1, -0.05) is 36.4 Å². The third-order valence-electron chi connectivity index (χ3n) is 4.33. The molecule has 1 heterocycles. The Morgan fingerprint density at radius 1 is 0.923 bits per heavy atom. The number of hydrogen-bond donors (Lipinski definition) is 0. The number of hydrogen-bond acceptors (Lipinski definition) is 3. The number of benzene rings is 2. The van der Waals surface area contributed by atoms with E-state index >= 15 is 0 Å². The molecule has 0 spiro atoms. The predicted molar refractivity (Wildman–Crippen MR) is 114 cm³/mol. The van der Waals surface area contributed by atoms with Crippen molar-refractivity contribution in [2.45, 2.75) is 20.5 Å². The Bertz CT molecular complexity index is 821. The van der Waals surface area contributed by atoms with Gasteiger partial charge in [0.05, 0.1) is 0 Å². The molecular weight excluding hydrogens is 338 g/mol. The molecule has 0 aliphatic heterocycles. The average Bonchev–Trinajstić information content (AvgIpc) is 3.21. The van der Waals surface area contributed by atoms with Gasteiger partial charge in [0.2, 0.25) is 0 Å². The van der Waals surface area contributed by atoms with Gasteiger partial charge < -0.3 is 9.64 Å². The van der Waals surface area contributed by atoms with Gasteiger partial charge in [-0.05, 0) is 55.1 Å². The molecule has 134 valence electrons. The minimum atomic E-state index is 0.572. The van der Waals surface area contributed by atoms with E-state index in [2.05, 4.69) is 78.7 Å². The standard InChI is InChI=1S/C23H25NOS/c1-3-24(4-2)21-14-12-20(13-15-22-11-8-16-26-22)23(17-21)25-18-19-9-6-5-7-10-19/h5-17H,3-4,18H2,1-2H3/b15-13+. The topological polar surface area (TPSA) is 12.5 Å². The average molecular weight is 364 g/mol. The SMILES string of the molecule is CCN(CC)c1ccc(/C=C/c2cccs2)c(OCc2ccccc2)c1. The number of ether oxygens (including phenoxy) is 1. The zero-order chi connectivity index (χ0) is 18.2. The largest absolute Gasteiger partial charge is 0.488 e. The van der Waals surface area contributed by atoms with E-state index in [0.29, 0.717) is 6.61 Å². The molecule has 0 aliphatic carbocycles. The van der Waals surface area contributed by atoms with Crippen molar-refractivity contribution in [2.75, 3.05) is 18.0 Å². The maximum atomic E-state index is 6.20. The van der Waals surface area contributed by atoms with Crippen LogP contribution in [0.15, 0.2) is 66.0 Å². The van der Waals surface area contributed by atoms with Crippen LogP contribution in [0.2, 0.25) is 0 Å². The summed E-state index contributed by atoms with van der Waals surface area (Å²) in [6, 6.07) is 21.0. The molecule has 0 N–H and O–H groups in total. The lowest BCUT2D eigenvalue weighted by atomic mass is 10.1. The molecule has 0 radical (unpaired) electrons. The van der Waals surface area contributed by atoms with Gasteiger partial charge in [-0.15, -0.1) is 11.3 Å². The minimum absolute atomic E-state index is 0.572. The normalized spacial score (nSPS) is 11.0. The summed E-state index contributed by atoms with van der Waals surface area (Å²) in [5.41, 5.74) is 3.48. The molecule has 3 rings (SSSR count). The number of nitrogens with zero attached hydrogens (tertiary/aromatic N) is 1. The lowest BCUT2D eigenvalue weighted by Crippen LogP contribution is -2.21. The van der Waals surface area contributed by atoms with Gasteiger partial charge in [0, 0.05) is 35.3 Å². The first-order chi connectivity index (χ1) is 12.8. The Kier molecular flexibility index (Phi) is 6.50. The number of anilines is 1. The smallest absolute Gasteiger partial charge is 0.129 e. The highest BCUT2D eigenvalue weighted by atomic mass is 32.1. The van der Waals surface area contributed by atoms with Crippen molar-refractivity contribution in [2.24, 2.45) is 0 Å². The third-order valence-corrected chi connectivity index (χ3v) is 5.17. The van der Waals surface area contributed by atoms with Crippen LogP contribution < -0.4 is 9.64 Å². The molecule has 0 atom stereocenters. The highest BCUT2D eigenvalue weighted by Crippen LogP contribution is 2.29. The molecule has 26 heavy (non-hydrogen) atoms. The third kappa shape index (κ3) is 4.77. The minimum Gasteiger partial charge on any atom is -0.488 e. The van der Waals surface area contributed by atoms with Crippen LogP contribution in [0.25, 0.3) is 12.2 Å². The molecule has 0 saturated heterocycles. The van der Waals surface area contributed by atoms with E-state index in [0.717, 1.165) is 24.4 Å². The van der Waals surface area contributed by atoms with E-state index in [-0.39, 0.29) is 0 Å². The van der Waals surface area contributed by atoms with Crippen LogP contribution in [-0.2, 0) is 6.61 Å². The predicted octanol–water partition coefficient (Wildman–Crippen LogP) is 6.34. The van der Waals surface area contributed by atoms with Crippen molar-refractivity contribution in [1.82, 2.24) is 0 Å². The van der Waals surface area contributed by atoms with E-state index in [1.807, 2.05) is 18.2 Å². The highest BCUT2D eigenvalue weighted by Gasteiger charge is 2.08. The first-order valence-corrected chi connectivity index (χ1v) is 9.95. The van der Waals surface area contributed by atoms with Crippen LogP contribution in [-0.4, -0.2) is 13.1 Å². The molecule has 0 saturated carbocycles. The quantitative estimate of drug-likeness (QED) is 0.463. The lowest BCUT2D eigenvalue weighted by molar-refractivity contribution is 0.305. The van der Waals surface area contributed by atoms with Crippen LogP contribution in [0.1, 0.15) is 29.9 Å². The Balaban J connectivity index is 1.86. The number of rotatable bonds is 8. The summed E-state index contributed by atoms with van der Waals surface area (Å²) < 4.78 is 6.20. The molecule has 0 amide bonds. The van der Waals surface area contributed by atoms with E-state index in [1.165, 1.54) is 16.1 Å². The second-order valence-corrected chi connectivity index (χ2v) is 7.00. The summed E-state index contributed by atoms with van der Waals surface area (Å²) in [4.78, 5) is 3.58. The fourth-order valence-corrected chi connectivity index (χ4v) is 3.48. The van der Waals surface area contributed by atoms with Crippen molar-refractivity contribution in [3.63, 3.8) is 0 Å². The summed E-state index contributed by atoms with van der Waals surface area (Å²) in [5.74, 6) is 0.922. The van der Waals surface area contributed by atoms with Crippen LogP contribution in [0, 0.1) is 0 Å². The summed E-state index contributed by atoms with van der Waals surface area (Å²) in [6.45, 7) is 6.90. The fraction of sp³-hybridized carbons (Fsp3) is 0.217. The maximum Gasteiger partial charge on any atom is 0.129 e. The highest BCUT2D eigenvalue weighted by molar-refractivity contribution is 7.10. The summed E-state index contributed by atoms with van der Waals surface area (Å²) in [7, 11) is 0. The van der Waals surface area contributed by atoms with Crippen molar-refractivity contribution < 1.29 is 4.74 Å². The molecule has 2 nitrogen and oxygen atoms in total.